The van der Waals surface area contributed by atoms with Crippen molar-refractivity contribution in [3.63, 3.8) is 0 Å². The van der Waals surface area contributed by atoms with Crippen LogP contribution in [0, 0.1) is 0 Å². The molecule has 0 fully saturated rings. The maximum absolute atomic E-state index is 14.5. The molecule has 0 amide bonds. The second-order valence-electron chi connectivity index (χ2n) is 6.26. The lowest BCUT2D eigenvalue weighted by atomic mass is 10.0. The fourth-order valence-corrected chi connectivity index (χ4v) is 6.72. The van der Waals surface area contributed by atoms with E-state index >= 15 is 0 Å². The zero-order valence-corrected chi connectivity index (χ0v) is 15.4. The Morgan fingerprint density at radius 2 is 1.15 bits per heavy atom. The van der Waals surface area contributed by atoms with Gasteiger partial charge in [0.15, 0.2) is 0 Å². The van der Waals surface area contributed by atoms with Gasteiger partial charge in [-0.2, -0.15) is 0 Å². The Balaban J connectivity index is 2.16. The van der Waals surface area contributed by atoms with E-state index in [2.05, 4.69) is 0 Å². The molecule has 0 spiro atoms. The molecule has 3 nitrogen and oxygen atoms in total. The van der Waals surface area contributed by atoms with Gasteiger partial charge in [-0.25, -0.2) is 0 Å². The van der Waals surface area contributed by atoms with Gasteiger partial charge >= 0.3 is 0 Å². The second-order valence-corrected chi connectivity index (χ2v) is 9.28. The quantitative estimate of drug-likeness (QED) is 0.630. The average molecular weight is 366 g/mol. The number of hydrogen-bond acceptors (Lipinski definition) is 3. The van der Waals surface area contributed by atoms with Crippen LogP contribution in [-0.2, 0) is 4.57 Å². The first-order valence-electron chi connectivity index (χ1n) is 8.72. The highest BCUT2D eigenvalue weighted by Crippen LogP contribution is 2.54. The summed E-state index contributed by atoms with van der Waals surface area (Å²) >= 11 is 0. The molecule has 134 valence electrons. The number of hydrogen-bond donors (Lipinski definition) is 2. The molecule has 0 bridgehead atoms. The first-order valence-corrected chi connectivity index (χ1v) is 10.5. The van der Waals surface area contributed by atoms with Gasteiger partial charge in [0.25, 0.3) is 0 Å². The molecule has 0 radical (unpaired) electrons. The second kappa shape index (κ2) is 8.46. The van der Waals surface area contributed by atoms with Crippen LogP contribution in [0.5, 0.6) is 0 Å². The van der Waals surface area contributed by atoms with E-state index in [9.17, 15) is 14.8 Å². The molecule has 3 rings (SSSR count). The van der Waals surface area contributed by atoms with Gasteiger partial charge in [0, 0.05) is 17.2 Å². The van der Waals surface area contributed by atoms with Crippen molar-refractivity contribution >= 4 is 17.8 Å². The van der Waals surface area contributed by atoms with Crippen molar-refractivity contribution in [2.75, 3.05) is 6.61 Å². The number of aliphatic hydroxyl groups is 2. The molecule has 3 aromatic carbocycles. The van der Waals surface area contributed by atoms with Crippen LogP contribution in [0.4, 0.5) is 0 Å². The summed E-state index contributed by atoms with van der Waals surface area (Å²) in [4.78, 5) is 0. The first-order chi connectivity index (χ1) is 12.7. The van der Waals surface area contributed by atoms with E-state index in [1.54, 1.807) is 0 Å². The molecule has 0 saturated carbocycles. The molecule has 2 N–H and O–H groups in total. The van der Waals surface area contributed by atoms with Crippen molar-refractivity contribution in [3.8, 4) is 0 Å². The lowest BCUT2D eigenvalue weighted by Crippen LogP contribution is -2.31. The molecule has 0 aliphatic rings. The van der Waals surface area contributed by atoms with Crippen molar-refractivity contribution in [2.45, 2.75) is 18.2 Å². The summed E-state index contributed by atoms with van der Waals surface area (Å²) < 4.78 is 14.5. The smallest absolute Gasteiger partial charge is 0.149 e. The van der Waals surface area contributed by atoms with Crippen molar-refractivity contribution in [3.05, 3.63) is 96.6 Å². The molecule has 3 aromatic rings. The third-order valence-corrected chi connectivity index (χ3v) is 8.28. The largest absolute Gasteiger partial charge is 0.396 e. The Hall–Kier alpha value is -2.19. The minimum absolute atomic E-state index is 0.141. The van der Waals surface area contributed by atoms with E-state index < -0.39 is 18.9 Å². The molecule has 2 atom stereocenters. The predicted molar refractivity (Wildman–Crippen MR) is 107 cm³/mol. The van der Waals surface area contributed by atoms with Crippen molar-refractivity contribution in [1.29, 1.82) is 0 Å². The van der Waals surface area contributed by atoms with Crippen LogP contribution >= 0.6 is 7.14 Å². The highest BCUT2D eigenvalue weighted by molar-refractivity contribution is 7.79. The minimum Gasteiger partial charge on any atom is -0.396 e. The minimum atomic E-state index is -3.18. The summed E-state index contributed by atoms with van der Waals surface area (Å²) in [6.45, 7) is -0.141. The Kier molecular flexibility index (Phi) is 6.05. The van der Waals surface area contributed by atoms with Crippen LogP contribution in [0.15, 0.2) is 91.0 Å². The lowest BCUT2D eigenvalue weighted by Gasteiger charge is -2.32. The summed E-state index contributed by atoms with van der Waals surface area (Å²) in [7, 11) is -3.18. The molecular formula is C22H23O3P. The van der Waals surface area contributed by atoms with Gasteiger partial charge in [-0.15, -0.1) is 0 Å². The number of aliphatic hydroxyl groups excluding tert-OH is 2. The Bertz CT molecular complexity index is 807. The van der Waals surface area contributed by atoms with E-state index in [4.69, 9.17) is 0 Å². The van der Waals surface area contributed by atoms with Gasteiger partial charge in [-0.05, 0) is 12.0 Å². The molecule has 0 aromatic heterocycles. The molecule has 0 aliphatic carbocycles. The van der Waals surface area contributed by atoms with Crippen LogP contribution < -0.4 is 10.6 Å². The molecule has 0 saturated heterocycles. The fraction of sp³-hybridized carbons (Fsp3) is 0.182. The van der Waals surface area contributed by atoms with E-state index in [1.165, 1.54) is 0 Å². The average Bonchev–Trinajstić information content (AvgIpc) is 2.73. The van der Waals surface area contributed by atoms with Gasteiger partial charge in [0.05, 0.1) is 11.8 Å². The molecular weight excluding hydrogens is 343 g/mol. The van der Waals surface area contributed by atoms with Gasteiger partial charge in [-0.3, -0.25) is 0 Å². The summed E-state index contributed by atoms with van der Waals surface area (Å²) in [5.41, 5.74) is 0.0951. The van der Waals surface area contributed by atoms with Crippen molar-refractivity contribution < 1.29 is 14.8 Å². The SMILES string of the molecule is O=P(c1ccccc1)(c1ccccc1)[C@@H](CCO)[C@@H](O)c1ccccc1. The van der Waals surface area contributed by atoms with Gasteiger partial charge in [-0.1, -0.05) is 91.0 Å². The number of rotatable bonds is 7. The topological polar surface area (TPSA) is 57.5 Å². The summed E-state index contributed by atoms with van der Waals surface area (Å²) in [6, 6.07) is 27.8. The Morgan fingerprint density at radius 1 is 0.731 bits per heavy atom. The third-order valence-electron chi connectivity index (χ3n) is 4.68. The van der Waals surface area contributed by atoms with Crippen LogP contribution in [0.25, 0.3) is 0 Å². The summed E-state index contributed by atoms with van der Waals surface area (Å²) in [5.74, 6) is 0. The van der Waals surface area contributed by atoms with Crippen LogP contribution in [0.2, 0.25) is 0 Å². The molecule has 0 heterocycles. The third kappa shape index (κ3) is 3.66. The van der Waals surface area contributed by atoms with Gasteiger partial charge < -0.3 is 14.8 Å². The highest BCUT2D eigenvalue weighted by atomic mass is 31.2. The maximum atomic E-state index is 14.5. The normalized spacial score (nSPS) is 13.9. The van der Waals surface area contributed by atoms with E-state index in [0.717, 1.165) is 0 Å². The maximum Gasteiger partial charge on any atom is 0.149 e. The zero-order chi connectivity index (χ0) is 18.4. The molecule has 0 unspecified atom stereocenters. The van der Waals surface area contributed by atoms with Crippen LogP contribution in [0.1, 0.15) is 18.1 Å². The predicted octanol–water partition coefficient (Wildman–Crippen LogP) is 3.49. The number of benzene rings is 3. The van der Waals surface area contributed by atoms with Crippen molar-refractivity contribution in [2.24, 2.45) is 0 Å². The highest BCUT2D eigenvalue weighted by Gasteiger charge is 2.40. The van der Waals surface area contributed by atoms with Gasteiger partial charge in [0.2, 0.25) is 0 Å². The fourth-order valence-electron chi connectivity index (χ4n) is 3.37. The zero-order valence-electron chi connectivity index (χ0n) is 14.5. The monoisotopic (exact) mass is 366 g/mol. The van der Waals surface area contributed by atoms with Crippen molar-refractivity contribution in [1.82, 2.24) is 0 Å². The van der Waals surface area contributed by atoms with E-state index in [-0.39, 0.29) is 13.0 Å². The van der Waals surface area contributed by atoms with Crippen LogP contribution in [0.3, 0.4) is 0 Å². The first kappa shape index (κ1) is 18.6. The van der Waals surface area contributed by atoms with E-state index in [0.29, 0.717) is 16.2 Å². The summed E-state index contributed by atoms with van der Waals surface area (Å²) in [6.07, 6.45) is -0.688. The van der Waals surface area contributed by atoms with E-state index in [1.807, 2.05) is 91.0 Å². The standard InChI is InChI=1S/C22H23O3P/c23-17-16-21(22(24)18-10-4-1-5-11-18)26(25,19-12-6-2-7-13-19)20-14-8-3-9-15-20/h1-15,21-24H,16-17H2/t21-,22-/m0/s1. The molecule has 0 aliphatic heterocycles. The van der Waals surface area contributed by atoms with Gasteiger partial charge in [0.1, 0.15) is 7.14 Å². The molecule has 4 heteroatoms. The van der Waals surface area contributed by atoms with Crippen LogP contribution in [-0.4, -0.2) is 22.5 Å². The Morgan fingerprint density at radius 3 is 1.58 bits per heavy atom. The Labute approximate surface area is 154 Å². The summed E-state index contributed by atoms with van der Waals surface area (Å²) in [5, 5.41) is 22.1. The molecule has 26 heavy (non-hydrogen) atoms. The lowest BCUT2D eigenvalue weighted by molar-refractivity contribution is 0.155.